The summed E-state index contributed by atoms with van der Waals surface area (Å²) >= 11 is 0. The molecule has 0 fully saturated rings. The smallest absolute Gasteiger partial charge is 0.273 e. The molecule has 5 nitrogen and oxygen atoms in total. The van der Waals surface area contributed by atoms with E-state index in [1.165, 1.54) is 19.2 Å². The fourth-order valence-corrected chi connectivity index (χ4v) is 2.01. The van der Waals surface area contributed by atoms with Crippen molar-refractivity contribution in [1.29, 1.82) is 0 Å². The Bertz CT molecular complexity index is 583. The van der Waals surface area contributed by atoms with E-state index in [1.54, 1.807) is 6.07 Å². The van der Waals surface area contributed by atoms with E-state index in [2.05, 4.69) is 0 Å². The number of nitro benzene ring substituents is 1. The molecule has 0 unspecified atom stereocenters. The summed E-state index contributed by atoms with van der Waals surface area (Å²) in [5.41, 5.74) is 2.94. The highest BCUT2D eigenvalue weighted by Crippen LogP contribution is 2.29. The van der Waals surface area contributed by atoms with Crippen LogP contribution in [-0.2, 0) is 0 Å². The third-order valence-electron chi connectivity index (χ3n) is 2.89. The number of methoxy groups -OCH3 is 1. The van der Waals surface area contributed by atoms with Gasteiger partial charge < -0.3 is 9.30 Å². The molecule has 0 bridgehead atoms. The van der Waals surface area contributed by atoms with Crippen LogP contribution in [0.4, 0.5) is 5.69 Å². The molecule has 0 saturated carbocycles. The molecule has 0 saturated heterocycles. The highest BCUT2D eigenvalue weighted by molar-refractivity contribution is 5.55. The van der Waals surface area contributed by atoms with Crippen molar-refractivity contribution in [2.45, 2.75) is 13.8 Å². The van der Waals surface area contributed by atoms with Crippen LogP contribution in [0.5, 0.6) is 5.75 Å². The normalized spacial score (nSPS) is 10.4. The zero-order valence-electron chi connectivity index (χ0n) is 10.5. The van der Waals surface area contributed by atoms with E-state index in [0.29, 0.717) is 5.75 Å². The molecule has 18 heavy (non-hydrogen) atoms. The number of non-ortho nitro benzene ring substituents is 1. The molecular formula is C13H14N2O3. The lowest BCUT2D eigenvalue weighted by molar-refractivity contribution is -0.384. The first-order valence-corrected chi connectivity index (χ1v) is 5.52. The maximum absolute atomic E-state index is 10.7. The molecule has 0 N–H and O–H groups in total. The Balaban J connectivity index is 2.62. The largest absolute Gasteiger partial charge is 0.494 e. The van der Waals surface area contributed by atoms with Gasteiger partial charge in [0.2, 0.25) is 0 Å². The number of hydrogen-bond acceptors (Lipinski definition) is 3. The van der Waals surface area contributed by atoms with Crippen molar-refractivity contribution in [2.75, 3.05) is 7.11 Å². The second-order valence-electron chi connectivity index (χ2n) is 4.06. The standard InChI is InChI=1S/C13H14N2O3/c1-9-4-5-10(2)14(9)12-7-6-11(15(16)17)8-13(12)18-3/h4-8H,1-3H3. The van der Waals surface area contributed by atoms with Crippen LogP contribution in [0.2, 0.25) is 0 Å². The van der Waals surface area contributed by atoms with Gasteiger partial charge in [-0.2, -0.15) is 0 Å². The Kier molecular flexibility index (Phi) is 3.06. The molecular weight excluding hydrogens is 232 g/mol. The van der Waals surface area contributed by atoms with E-state index < -0.39 is 4.92 Å². The third kappa shape index (κ3) is 1.95. The molecule has 94 valence electrons. The SMILES string of the molecule is COc1cc([N+](=O)[O-])ccc1-n1c(C)ccc1C. The first-order valence-electron chi connectivity index (χ1n) is 5.52. The van der Waals surface area contributed by atoms with Gasteiger partial charge in [-0.1, -0.05) is 0 Å². The zero-order valence-corrected chi connectivity index (χ0v) is 10.5. The predicted molar refractivity (Wildman–Crippen MR) is 68.4 cm³/mol. The molecule has 0 aliphatic heterocycles. The Morgan fingerprint density at radius 3 is 2.28 bits per heavy atom. The molecule has 0 radical (unpaired) electrons. The van der Waals surface area contributed by atoms with Gasteiger partial charge in [0.25, 0.3) is 5.69 Å². The van der Waals surface area contributed by atoms with Gasteiger partial charge in [0.05, 0.1) is 23.8 Å². The van der Waals surface area contributed by atoms with E-state index in [1.807, 2.05) is 30.5 Å². The van der Waals surface area contributed by atoms with E-state index in [-0.39, 0.29) is 5.69 Å². The van der Waals surface area contributed by atoms with Crippen LogP contribution >= 0.6 is 0 Å². The Hall–Kier alpha value is -2.30. The lowest BCUT2D eigenvalue weighted by Gasteiger charge is -2.13. The molecule has 2 rings (SSSR count). The number of aryl methyl sites for hydroxylation is 2. The van der Waals surface area contributed by atoms with E-state index in [4.69, 9.17) is 4.74 Å². The summed E-state index contributed by atoms with van der Waals surface area (Å²) in [6.45, 7) is 3.96. The van der Waals surface area contributed by atoms with Gasteiger partial charge in [-0.05, 0) is 32.0 Å². The minimum absolute atomic E-state index is 0.0260. The van der Waals surface area contributed by atoms with E-state index in [9.17, 15) is 10.1 Å². The van der Waals surface area contributed by atoms with Crippen molar-refractivity contribution >= 4 is 5.69 Å². The minimum atomic E-state index is -0.429. The third-order valence-corrected chi connectivity index (χ3v) is 2.89. The van der Waals surface area contributed by atoms with Crippen molar-refractivity contribution in [2.24, 2.45) is 0 Å². The number of ether oxygens (including phenoxy) is 1. The average molecular weight is 246 g/mol. The van der Waals surface area contributed by atoms with Gasteiger partial charge in [0.1, 0.15) is 5.75 Å². The van der Waals surface area contributed by atoms with Crippen molar-refractivity contribution in [3.63, 3.8) is 0 Å². The van der Waals surface area contributed by atoms with Crippen molar-refractivity contribution < 1.29 is 9.66 Å². The van der Waals surface area contributed by atoms with Crippen molar-refractivity contribution in [3.05, 3.63) is 51.8 Å². The van der Waals surface area contributed by atoms with Crippen LogP contribution in [0.1, 0.15) is 11.4 Å². The van der Waals surface area contributed by atoms with Gasteiger partial charge in [0, 0.05) is 17.5 Å². The highest BCUT2D eigenvalue weighted by Gasteiger charge is 2.14. The summed E-state index contributed by atoms with van der Waals surface area (Å²) in [5.74, 6) is 0.492. The molecule has 0 aliphatic rings. The van der Waals surface area contributed by atoms with Crippen LogP contribution in [-0.4, -0.2) is 16.6 Å². The Labute approximate surface area is 105 Å². The number of benzene rings is 1. The highest BCUT2D eigenvalue weighted by atomic mass is 16.6. The first-order chi connectivity index (χ1) is 8.54. The van der Waals surface area contributed by atoms with Gasteiger partial charge >= 0.3 is 0 Å². The number of hydrogen-bond donors (Lipinski definition) is 0. The monoisotopic (exact) mass is 246 g/mol. The summed E-state index contributed by atoms with van der Waals surface area (Å²) in [6.07, 6.45) is 0. The molecule has 0 spiro atoms. The topological polar surface area (TPSA) is 57.3 Å². The average Bonchev–Trinajstić information content (AvgIpc) is 2.68. The summed E-state index contributed by atoms with van der Waals surface area (Å²) < 4.78 is 7.25. The minimum Gasteiger partial charge on any atom is -0.494 e. The van der Waals surface area contributed by atoms with Crippen LogP contribution in [0.25, 0.3) is 5.69 Å². The second kappa shape index (κ2) is 4.52. The lowest BCUT2D eigenvalue weighted by Crippen LogP contribution is -2.02. The van der Waals surface area contributed by atoms with Gasteiger partial charge in [-0.25, -0.2) is 0 Å². The molecule has 1 aromatic heterocycles. The van der Waals surface area contributed by atoms with Crippen molar-refractivity contribution in [3.8, 4) is 11.4 Å². The maximum atomic E-state index is 10.7. The maximum Gasteiger partial charge on any atom is 0.273 e. The van der Waals surface area contributed by atoms with Gasteiger partial charge in [-0.15, -0.1) is 0 Å². The summed E-state index contributed by atoms with van der Waals surface area (Å²) in [7, 11) is 1.51. The van der Waals surface area contributed by atoms with Gasteiger partial charge in [-0.3, -0.25) is 10.1 Å². The fourth-order valence-electron chi connectivity index (χ4n) is 2.01. The van der Waals surface area contributed by atoms with Crippen LogP contribution < -0.4 is 4.74 Å². The zero-order chi connectivity index (χ0) is 13.3. The van der Waals surface area contributed by atoms with Crippen LogP contribution in [0.15, 0.2) is 30.3 Å². The van der Waals surface area contributed by atoms with Crippen LogP contribution in [0, 0.1) is 24.0 Å². The predicted octanol–water partition coefficient (Wildman–Crippen LogP) is 3.01. The Morgan fingerprint density at radius 2 is 1.78 bits per heavy atom. The molecule has 0 amide bonds. The number of nitro groups is 1. The molecule has 0 atom stereocenters. The first kappa shape index (κ1) is 12.2. The molecule has 2 aromatic rings. The molecule has 0 aliphatic carbocycles. The molecule has 1 aromatic carbocycles. The number of aromatic nitrogens is 1. The van der Waals surface area contributed by atoms with E-state index in [0.717, 1.165) is 17.1 Å². The van der Waals surface area contributed by atoms with Gasteiger partial charge in [0.15, 0.2) is 0 Å². The molecule has 1 heterocycles. The number of nitrogens with zero attached hydrogens (tertiary/aromatic N) is 2. The van der Waals surface area contributed by atoms with Crippen molar-refractivity contribution in [1.82, 2.24) is 4.57 Å². The fraction of sp³-hybridized carbons (Fsp3) is 0.231. The quantitative estimate of drug-likeness (QED) is 0.618. The lowest BCUT2D eigenvalue weighted by atomic mass is 10.2. The van der Waals surface area contributed by atoms with Crippen LogP contribution in [0.3, 0.4) is 0 Å². The number of rotatable bonds is 3. The summed E-state index contributed by atoms with van der Waals surface area (Å²) in [4.78, 5) is 10.3. The van der Waals surface area contributed by atoms with E-state index >= 15 is 0 Å². The summed E-state index contributed by atoms with van der Waals surface area (Å²) in [6, 6.07) is 8.62. The summed E-state index contributed by atoms with van der Waals surface area (Å²) in [5, 5.41) is 10.7. The second-order valence-corrected chi connectivity index (χ2v) is 4.06. The molecule has 5 heteroatoms. The Morgan fingerprint density at radius 1 is 1.17 bits per heavy atom.